The van der Waals surface area contributed by atoms with E-state index in [-0.39, 0.29) is 9.79 Å². The van der Waals surface area contributed by atoms with Gasteiger partial charge in [-0.15, -0.1) is 19.7 Å². The molecule has 0 amide bonds. The van der Waals surface area contributed by atoms with E-state index in [4.69, 9.17) is 9.11 Å². The van der Waals surface area contributed by atoms with Gasteiger partial charge in [0.2, 0.25) is 0 Å². The third-order valence-corrected chi connectivity index (χ3v) is 6.36. The molecule has 8 heteroatoms. The van der Waals surface area contributed by atoms with E-state index >= 15 is 0 Å². The molecule has 35 heavy (non-hydrogen) atoms. The Labute approximate surface area is 208 Å². The smallest absolute Gasteiger partial charge is 0.282 e. The van der Waals surface area contributed by atoms with Crippen LogP contribution in [0.2, 0.25) is 0 Å². The van der Waals surface area contributed by atoms with E-state index in [0.29, 0.717) is 24.0 Å². The van der Waals surface area contributed by atoms with Crippen LogP contribution in [0, 0.1) is 0 Å². The topological polar surface area (TPSA) is 109 Å². The molecule has 0 radical (unpaired) electrons. The van der Waals surface area contributed by atoms with Crippen LogP contribution in [0.5, 0.6) is 0 Å². The van der Waals surface area contributed by atoms with Gasteiger partial charge in [0.1, 0.15) is 0 Å². The second kappa shape index (κ2) is 14.9. The molecule has 186 valence electrons. The first-order chi connectivity index (χ1) is 16.5. The van der Waals surface area contributed by atoms with Crippen molar-refractivity contribution >= 4 is 20.2 Å². The molecule has 0 heterocycles. The minimum atomic E-state index is -4.10. The second-order valence-corrected chi connectivity index (χ2v) is 9.91. The first kappa shape index (κ1) is 29.7. The van der Waals surface area contributed by atoms with Gasteiger partial charge < -0.3 is 0 Å². The minimum Gasteiger partial charge on any atom is -0.282 e. The average Bonchev–Trinajstić information content (AvgIpc) is 2.81. The van der Waals surface area contributed by atoms with Crippen molar-refractivity contribution in [3.8, 4) is 0 Å². The largest absolute Gasteiger partial charge is 0.294 e. The average molecular weight is 515 g/mol. The summed E-state index contributed by atoms with van der Waals surface area (Å²) in [5, 5.41) is 0. The van der Waals surface area contributed by atoms with E-state index in [9.17, 15) is 16.8 Å². The maximum Gasteiger partial charge on any atom is 0.294 e. The number of hydrogen-bond donors (Lipinski definition) is 2. The molecule has 0 aliphatic carbocycles. The highest BCUT2D eigenvalue weighted by atomic mass is 32.2. The fourth-order valence-corrected chi connectivity index (χ4v) is 4.41. The van der Waals surface area contributed by atoms with Gasteiger partial charge >= 0.3 is 0 Å². The zero-order valence-electron chi connectivity index (χ0n) is 19.3. The van der Waals surface area contributed by atoms with E-state index in [2.05, 4.69) is 31.9 Å². The lowest BCUT2D eigenvalue weighted by atomic mass is 10.1. The van der Waals surface area contributed by atoms with Gasteiger partial charge in [-0.25, -0.2) is 0 Å². The Morgan fingerprint density at radius 3 is 1.23 bits per heavy atom. The van der Waals surface area contributed by atoms with Crippen molar-refractivity contribution in [3.05, 3.63) is 134 Å². The van der Waals surface area contributed by atoms with Crippen molar-refractivity contribution in [2.24, 2.45) is 0 Å². The Morgan fingerprint density at radius 1 is 0.543 bits per heavy atom. The van der Waals surface area contributed by atoms with Crippen molar-refractivity contribution in [1.29, 1.82) is 0 Å². The van der Waals surface area contributed by atoms with Crippen LogP contribution in [-0.4, -0.2) is 25.9 Å². The Morgan fingerprint density at radius 2 is 0.886 bits per heavy atom. The van der Waals surface area contributed by atoms with E-state index in [1.807, 2.05) is 24.3 Å². The highest BCUT2D eigenvalue weighted by Crippen LogP contribution is 2.16. The van der Waals surface area contributed by atoms with Crippen LogP contribution in [0.4, 0.5) is 0 Å². The molecule has 3 aromatic carbocycles. The normalized spacial score (nSPS) is 10.6. The van der Waals surface area contributed by atoms with Gasteiger partial charge in [0.25, 0.3) is 20.2 Å². The molecular weight excluding hydrogens is 484 g/mol. The molecule has 0 saturated carbocycles. The van der Waals surface area contributed by atoms with E-state index < -0.39 is 20.2 Å². The van der Waals surface area contributed by atoms with Gasteiger partial charge in [-0.2, -0.15) is 16.8 Å². The molecule has 0 fully saturated rings. The summed E-state index contributed by atoms with van der Waals surface area (Å²) in [6, 6.07) is 22.9. The summed E-state index contributed by atoms with van der Waals surface area (Å²) in [5.74, 6) is 0. The summed E-state index contributed by atoms with van der Waals surface area (Å²) in [7, 11) is -8.21. The highest BCUT2D eigenvalue weighted by molar-refractivity contribution is 7.86. The van der Waals surface area contributed by atoms with Crippen molar-refractivity contribution in [3.63, 3.8) is 0 Å². The molecule has 0 atom stereocenters. The van der Waals surface area contributed by atoms with Crippen LogP contribution in [0.1, 0.15) is 16.7 Å². The van der Waals surface area contributed by atoms with Gasteiger partial charge in [0.15, 0.2) is 0 Å². The standard InChI is InChI=1S/2C9H10O3S.C9H10/c2*1-2-5-8-6-3-4-7-9(8)13(10,11)12;1-2-6-9-7-4-3-5-8-9/h2*2-4,6-7H,1,5H2,(H,10,11,12);2-5,7-8H,1,6H2. The third kappa shape index (κ3) is 11.1. The number of hydrogen-bond acceptors (Lipinski definition) is 4. The summed E-state index contributed by atoms with van der Waals surface area (Å²) in [4.78, 5) is -0.0928. The molecule has 3 rings (SSSR count). The molecule has 0 saturated heterocycles. The maximum atomic E-state index is 10.8. The van der Waals surface area contributed by atoms with Crippen LogP contribution in [-0.2, 0) is 39.5 Å². The Kier molecular flexibility index (Phi) is 12.6. The van der Waals surface area contributed by atoms with Crippen LogP contribution < -0.4 is 0 Å². The predicted molar refractivity (Wildman–Crippen MR) is 141 cm³/mol. The van der Waals surface area contributed by atoms with Gasteiger partial charge in [0.05, 0.1) is 9.79 Å². The quantitative estimate of drug-likeness (QED) is 0.293. The summed E-state index contributed by atoms with van der Waals surface area (Å²) < 4.78 is 61.1. The highest BCUT2D eigenvalue weighted by Gasteiger charge is 2.13. The molecular formula is C27H30O6S2. The zero-order valence-corrected chi connectivity index (χ0v) is 21.0. The molecule has 0 unspecified atom stereocenters. The molecule has 3 aromatic rings. The number of rotatable bonds is 8. The molecule has 0 aliphatic rings. The van der Waals surface area contributed by atoms with Crippen LogP contribution in [0.3, 0.4) is 0 Å². The molecule has 0 aromatic heterocycles. The first-order valence-corrected chi connectivity index (χ1v) is 13.4. The van der Waals surface area contributed by atoms with E-state index in [0.717, 1.165) is 6.42 Å². The number of allylic oxidation sites excluding steroid dienone is 3. The Balaban J connectivity index is 0.000000267. The van der Waals surface area contributed by atoms with Crippen molar-refractivity contribution < 1.29 is 25.9 Å². The van der Waals surface area contributed by atoms with Crippen molar-refractivity contribution in [2.45, 2.75) is 29.1 Å². The maximum absolute atomic E-state index is 10.8. The first-order valence-electron chi connectivity index (χ1n) is 10.5. The Bertz CT molecular complexity index is 1230. The van der Waals surface area contributed by atoms with Gasteiger partial charge in [0, 0.05) is 0 Å². The van der Waals surface area contributed by atoms with Crippen LogP contribution in [0.15, 0.2) is 127 Å². The van der Waals surface area contributed by atoms with E-state index in [1.165, 1.54) is 17.7 Å². The molecule has 0 aliphatic heterocycles. The molecule has 0 spiro atoms. The molecule has 0 bridgehead atoms. The van der Waals surface area contributed by atoms with Crippen LogP contribution in [0.25, 0.3) is 0 Å². The summed E-state index contributed by atoms with van der Waals surface area (Å²) >= 11 is 0. The minimum absolute atomic E-state index is 0.0464. The molecule has 2 N–H and O–H groups in total. The van der Waals surface area contributed by atoms with Crippen molar-refractivity contribution in [1.82, 2.24) is 0 Å². The zero-order chi connectivity index (χ0) is 26.3. The summed E-state index contributed by atoms with van der Waals surface area (Å²) in [6.45, 7) is 10.7. The Hall–Kier alpha value is -3.30. The molecule has 6 nitrogen and oxygen atoms in total. The lowest BCUT2D eigenvalue weighted by molar-refractivity contribution is 0.480. The fraction of sp³-hybridized carbons (Fsp3) is 0.111. The SMILES string of the molecule is C=CCc1ccccc1.C=CCc1ccccc1S(=O)(=O)O.C=CCc1ccccc1S(=O)(=O)O. The fourth-order valence-electron chi connectivity index (χ4n) is 2.94. The summed E-state index contributed by atoms with van der Waals surface area (Å²) in [6.07, 6.45) is 6.91. The number of benzene rings is 3. The van der Waals surface area contributed by atoms with Gasteiger partial charge in [-0.1, -0.05) is 85.0 Å². The predicted octanol–water partition coefficient (Wildman–Crippen LogP) is 5.74. The van der Waals surface area contributed by atoms with Crippen LogP contribution >= 0.6 is 0 Å². The van der Waals surface area contributed by atoms with Gasteiger partial charge in [-0.3, -0.25) is 9.11 Å². The van der Waals surface area contributed by atoms with Crippen molar-refractivity contribution in [2.75, 3.05) is 0 Å². The summed E-state index contributed by atoms with van der Waals surface area (Å²) in [5.41, 5.74) is 2.44. The van der Waals surface area contributed by atoms with Gasteiger partial charge in [-0.05, 0) is 48.1 Å². The van der Waals surface area contributed by atoms with E-state index in [1.54, 1.807) is 48.6 Å². The third-order valence-electron chi connectivity index (χ3n) is 4.45. The lowest BCUT2D eigenvalue weighted by Crippen LogP contribution is -2.02. The lowest BCUT2D eigenvalue weighted by Gasteiger charge is -2.02. The monoisotopic (exact) mass is 514 g/mol. The second-order valence-electron chi connectivity index (χ2n) is 7.13.